The van der Waals surface area contributed by atoms with Gasteiger partial charge < -0.3 is 15.2 Å². The molecule has 2 aromatic rings. The van der Waals surface area contributed by atoms with Gasteiger partial charge >= 0.3 is 5.97 Å². The Labute approximate surface area is 123 Å². The van der Waals surface area contributed by atoms with Crippen LogP contribution in [0.5, 0.6) is 0 Å². The van der Waals surface area contributed by atoms with Crippen LogP contribution in [0.4, 0.5) is 11.5 Å². The number of aryl methyl sites for hydroxylation is 2. The van der Waals surface area contributed by atoms with Gasteiger partial charge in [-0.15, -0.1) is 0 Å². The molecule has 1 aromatic carbocycles. The molecule has 0 saturated carbocycles. The lowest BCUT2D eigenvalue weighted by molar-refractivity contribution is 0.0697. The summed E-state index contributed by atoms with van der Waals surface area (Å²) in [6.45, 7) is 4.05. The summed E-state index contributed by atoms with van der Waals surface area (Å²) in [5.41, 5.74) is 3.37. The lowest BCUT2D eigenvalue weighted by Crippen LogP contribution is -2.09. The molecular weight excluding hydrogens is 268 g/mol. The van der Waals surface area contributed by atoms with Gasteiger partial charge in [0.2, 0.25) is 0 Å². The summed E-state index contributed by atoms with van der Waals surface area (Å²) >= 11 is 0. The second-order valence-electron chi connectivity index (χ2n) is 4.82. The predicted molar refractivity (Wildman–Crippen MR) is 81.1 cm³/mol. The number of carbonyl (C=O) groups is 1. The number of aromatic nitrogens is 1. The SMILES string of the molecule is COCc1ccccc1Nc1nc(C)cc(C)c1C(=O)O. The first kappa shape index (κ1) is 15.0. The number of nitrogens with one attached hydrogen (secondary N) is 1. The number of pyridine rings is 1. The minimum absolute atomic E-state index is 0.188. The Morgan fingerprint density at radius 2 is 2.05 bits per heavy atom. The normalized spacial score (nSPS) is 10.4. The van der Waals surface area contributed by atoms with Gasteiger partial charge in [0.15, 0.2) is 0 Å². The Kier molecular flexibility index (Phi) is 4.55. The molecule has 5 heteroatoms. The van der Waals surface area contributed by atoms with Gasteiger partial charge in [0.25, 0.3) is 0 Å². The lowest BCUT2D eigenvalue weighted by Gasteiger charge is -2.14. The topological polar surface area (TPSA) is 71.5 Å². The molecule has 0 radical (unpaired) electrons. The summed E-state index contributed by atoms with van der Waals surface area (Å²) in [7, 11) is 1.62. The number of methoxy groups -OCH3 is 1. The van der Waals surface area contributed by atoms with Crippen LogP contribution in [0.25, 0.3) is 0 Å². The van der Waals surface area contributed by atoms with Crippen LogP contribution in [-0.4, -0.2) is 23.2 Å². The van der Waals surface area contributed by atoms with Crippen LogP contribution in [-0.2, 0) is 11.3 Å². The Morgan fingerprint density at radius 3 is 2.71 bits per heavy atom. The third-order valence-corrected chi connectivity index (χ3v) is 3.13. The van der Waals surface area contributed by atoms with Crippen molar-refractivity contribution in [2.45, 2.75) is 20.5 Å². The van der Waals surface area contributed by atoms with Gasteiger partial charge in [0.05, 0.1) is 6.61 Å². The van der Waals surface area contributed by atoms with E-state index in [4.69, 9.17) is 4.74 Å². The lowest BCUT2D eigenvalue weighted by atomic mass is 10.1. The van der Waals surface area contributed by atoms with Crippen molar-refractivity contribution in [1.29, 1.82) is 0 Å². The van der Waals surface area contributed by atoms with Crippen LogP contribution in [0, 0.1) is 13.8 Å². The molecular formula is C16H18N2O3. The van der Waals surface area contributed by atoms with Gasteiger partial charge in [-0.1, -0.05) is 18.2 Å². The Balaban J connectivity index is 2.47. The highest BCUT2D eigenvalue weighted by atomic mass is 16.5. The zero-order valence-corrected chi connectivity index (χ0v) is 12.3. The van der Waals surface area contributed by atoms with Crippen molar-refractivity contribution in [3.8, 4) is 0 Å². The largest absolute Gasteiger partial charge is 0.478 e. The van der Waals surface area contributed by atoms with Crippen molar-refractivity contribution in [3.05, 3.63) is 52.7 Å². The minimum Gasteiger partial charge on any atom is -0.478 e. The van der Waals surface area contributed by atoms with Crippen molar-refractivity contribution in [2.24, 2.45) is 0 Å². The summed E-state index contributed by atoms with van der Waals surface area (Å²) in [5.74, 6) is -0.643. The average molecular weight is 286 g/mol. The molecule has 0 aliphatic rings. The minimum atomic E-state index is -0.994. The second kappa shape index (κ2) is 6.37. The third-order valence-electron chi connectivity index (χ3n) is 3.13. The zero-order valence-electron chi connectivity index (χ0n) is 12.3. The van der Waals surface area contributed by atoms with Crippen LogP contribution < -0.4 is 5.32 Å². The smallest absolute Gasteiger partial charge is 0.339 e. The molecule has 1 aromatic heterocycles. The maximum atomic E-state index is 11.5. The molecule has 110 valence electrons. The molecule has 0 fully saturated rings. The van der Waals surface area contributed by atoms with Gasteiger partial charge in [-0.05, 0) is 31.5 Å². The Bertz CT molecular complexity index is 669. The first-order valence-corrected chi connectivity index (χ1v) is 6.58. The number of carboxylic acid groups (broad SMARTS) is 1. The van der Waals surface area contributed by atoms with E-state index in [1.54, 1.807) is 20.1 Å². The second-order valence-corrected chi connectivity index (χ2v) is 4.82. The fraction of sp³-hybridized carbons (Fsp3) is 0.250. The fourth-order valence-corrected chi connectivity index (χ4v) is 2.25. The summed E-state index contributed by atoms with van der Waals surface area (Å²) in [5, 5.41) is 12.5. The molecule has 0 amide bonds. The first-order chi connectivity index (χ1) is 10.0. The molecule has 2 N–H and O–H groups in total. The summed E-state index contributed by atoms with van der Waals surface area (Å²) in [6, 6.07) is 9.35. The van der Waals surface area contributed by atoms with Crippen LogP contribution >= 0.6 is 0 Å². The number of hydrogen-bond donors (Lipinski definition) is 2. The molecule has 0 aliphatic heterocycles. The molecule has 21 heavy (non-hydrogen) atoms. The van der Waals surface area contributed by atoms with E-state index in [2.05, 4.69) is 10.3 Å². The Morgan fingerprint density at radius 1 is 1.33 bits per heavy atom. The van der Waals surface area contributed by atoms with Gasteiger partial charge in [-0.2, -0.15) is 0 Å². The highest BCUT2D eigenvalue weighted by Gasteiger charge is 2.16. The van der Waals surface area contributed by atoms with E-state index in [0.717, 1.165) is 16.9 Å². The molecule has 0 aliphatic carbocycles. The maximum Gasteiger partial charge on any atom is 0.339 e. The molecule has 1 heterocycles. The molecule has 0 spiro atoms. The molecule has 0 bridgehead atoms. The van der Waals surface area contributed by atoms with E-state index >= 15 is 0 Å². The van der Waals surface area contributed by atoms with Crippen LogP contribution in [0.1, 0.15) is 27.2 Å². The number of carboxylic acids is 1. The summed E-state index contributed by atoms with van der Waals surface area (Å²) < 4.78 is 5.15. The molecule has 2 rings (SSSR count). The van der Waals surface area contributed by atoms with E-state index in [9.17, 15) is 9.90 Å². The monoisotopic (exact) mass is 286 g/mol. The quantitative estimate of drug-likeness (QED) is 0.882. The number of rotatable bonds is 5. The summed E-state index contributed by atoms with van der Waals surface area (Å²) in [4.78, 5) is 15.8. The number of hydrogen-bond acceptors (Lipinski definition) is 4. The van der Waals surface area contributed by atoms with Crippen LogP contribution in [0.15, 0.2) is 30.3 Å². The van der Waals surface area contributed by atoms with Gasteiger partial charge in [0, 0.05) is 24.1 Å². The van der Waals surface area contributed by atoms with Crippen molar-refractivity contribution in [2.75, 3.05) is 12.4 Å². The van der Waals surface area contributed by atoms with Crippen molar-refractivity contribution >= 4 is 17.5 Å². The van der Waals surface area contributed by atoms with Gasteiger partial charge in [0.1, 0.15) is 11.4 Å². The number of para-hydroxylation sites is 1. The third kappa shape index (κ3) is 3.38. The number of aromatic carboxylic acids is 1. The maximum absolute atomic E-state index is 11.5. The van der Waals surface area contributed by atoms with E-state index in [0.29, 0.717) is 18.0 Å². The highest BCUT2D eigenvalue weighted by molar-refractivity contribution is 5.95. The molecule has 0 saturated heterocycles. The van der Waals surface area contributed by atoms with Gasteiger partial charge in [-0.3, -0.25) is 0 Å². The van der Waals surface area contributed by atoms with Crippen LogP contribution in [0.2, 0.25) is 0 Å². The Hall–Kier alpha value is -2.40. The van der Waals surface area contributed by atoms with Gasteiger partial charge in [-0.25, -0.2) is 9.78 Å². The number of nitrogens with zero attached hydrogens (tertiary/aromatic N) is 1. The highest BCUT2D eigenvalue weighted by Crippen LogP contribution is 2.25. The first-order valence-electron chi connectivity index (χ1n) is 6.58. The van der Waals surface area contributed by atoms with E-state index in [1.807, 2.05) is 31.2 Å². The molecule has 0 atom stereocenters. The fourth-order valence-electron chi connectivity index (χ4n) is 2.25. The van der Waals surface area contributed by atoms with Crippen LogP contribution in [0.3, 0.4) is 0 Å². The number of benzene rings is 1. The predicted octanol–water partition coefficient (Wildman–Crippen LogP) is 3.29. The van der Waals surface area contributed by atoms with Crippen molar-refractivity contribution in [3.63, 3.8) is 0 Å². The number of ether oxygens (including phenoxy) is 1. The van der Waals surface area contributed by atoms with Crippen molar-refractivity contribution < 1.29 is 14.6 Å². The zero-order chi connectivity index (χ0) is 15.4. The molecule has 5 nitrogen and oxygen atoms in total. The van der Waals surface area contributed by atoms with E-state index < -0.39 is 5.97 Å². The summed E-state index contributed by atoms with van der Waals surface area (Å²) in [6.07, 6.45) is 0. The van der Waals surface area contributed by atoms with E-state index in [-0.39, 0.29) is 5.56 Å². The number of anilines is 2. The van der Waals surface area contributed by atoms with E-state index in [1.165, 1.54) is 0 Å². The standard InChI is InChI=1S/C16H18N2O3/c1-10-8-11(2)17-15(14(10)16(19)20)18-13-7-5-4-6-12(13)9-21-3/h4-8H,9H2,1-3H3,(H,17,18)(H,19,20). The molecule has 0 unspecified atom stereocenters. The average Bonchev–Trinajstić information content (AvgIpc) is 2.40. The van der Waals surface area contributed by atoms with Crippen molar-refractivity contribution in [1.82, 2.24) is 4.98 Å².